The van der Waals surface area contributed by atoms with E-state index in [9.17, 15) is 13.2 Å². The van der Waals surface area contributed by atoms with Gasteiger partial charge in [-0.3, -0.25) is 4.79 Å². The van der Waals surface area contributed by atoms with E-state index in [0.29, 0.717) is 12.1 Å². The molecule has 0 aliphatic carbocycles. The summed E-state index contributed by atoms with van der Waals surface area (Å²) in [5.41, 5.74) is 1.11. The van der Waals surface area contributed by atoms with Crippen molar-refractivity contribution in [3.63, 3.8) is 0 Å². The topological polar surface area (TPSA) is 63.2 Å². The molecule has 0 radical (unpaired) electrons. The molecule has 0 fully saturated rings. The van der Waals surface area contributed by atoms with Crippen molar-refractivity contribution in [2.75, 3.05) is 12.8 Å². The van der Waals surface area contributed by atoms with E-state index in [1.807, 2.05) is 0 Å². The van der Waals surface area contributed by atoms with Crippen LogP contribution in [0.3, 0.4) is 0 Å². The highest BCUT2D eigenvalue weighted by molar-refractivity contribution is 7.90. The van der Waals surface area contributed by atoms with Gasteiger partial charge < -0.3 is 5.32 Å². The molecule has 0 bridgehead atoms. The van der Waals surface area contributed by atoms with Gasteiger partial charge in [-0.25, -0.2) is 8.42 Å². The molecule has 1 aromatic carbocycles. The molecule has 0 saturated heterocycles. The van der Waals surface area contributed by atoms with Crippen molar-refractivity contribution < 1.29 is 13.2 Å². The maximum absolute atomic E-state index is 11.7. The number of hydrogen-bond donors (Lipinski definition) is 1. The molecule has 17 heavy (non-hydrogen) atoms. The quantitative estimate of drug-likeness (QED) is 0.823. The highest BCUT2D eigenvalue weighted by atomic mass is 32.2. The number of aryl methyl sites for hydroxylation is 1. The molecule has 0 atom stereocenters. The van der Waals surface area contributed by atoms with Gasteiger partial charge in [-0.1, -0.05) is 12.1 Å². The Labute approximate surface area is 101 Å². The molecule has 1 aromatic rings. The summed E-state index contributed by atoms with van der Waals surface area (Å²) in [6.45, 7) is 5.60. The number of amides is 1. The van der Waals surface area contributed by atoms with Crippen LogP contribution in [0.4, 0.5) is 0 Å². The second-order valence-electron chi connectivity index (χ2n) is 3.75. The zero-order chi connectivity index (χ0) is 13.1. The molecule has 0 aliphatic heterocycles. The molecule has 1 N–H and O–H groups in total. The molecule has 0 saturated carbocycles. The van der Waals surface area contributed by atoms with Gasteiger partial charge >= 0.3 is 0 Å². The molecule has 5 heteroatoms. The SMILES string of the molecule is C=CCNC(=O)c1cc(S(C)(=O)=O)ccc1C. The first-order valence-corrected chi connectivity index (χ1v) is 6.95. The third kappa shape index (κ3) is 3.42. The smallest absolute Gasteiger partial charge is 0.251 e. The Hall–Kier alpha value is -1.62. The summed E-state index contributed by atoms with van der Waals surface area (Å²) in [5.74, 6) is -0.298. The van der Waals surface area contributed by atoms with Crippen LogP contribution in [0.5, 0.6) is 0 Å². The van der Waals surface area contributed by atoms with Crippen molar-refractivity contribution in [1.29, 1.82) is 0 Å². The van der Waals surface area contributed by atoms with Gasteiger partial charge in [0.15, 0.2) is 9.84 Å². The third-order valence-corrected chi connectivity index (χ3v) is 3.40. The lowest BCUT2D eigenvalue weighted by molar-refractivity contribution is 0.0957. The highest BCUT2D eigenvalue weighted by Gasteiger charge is 2.13. The average molecular weight is 253 g/mol. The number of benzene rings is 1. The van der Waals surface area contributed by atoms with Gasteiger partial charge in [-0.15, -0.1) is 6.58 Å². The predicted molar refractivity (Wildman–Crippen MR) is 66.8 cm³/mol. The van der Waals surface area contributed by atoms with Gasteiger partial charge in [0.25, 0.3) is 5.91 Å². The summed E-state index contributed by atoms with van der Waals surface area (Å²) < 4.78 is 22.8. The van der Waals surface area contributed by atoms with Crippen LogP contribution in [-0.4, -0.2) is 27.1 Å². The normalized spacial score (nSPS) is 10.9. The second-order valence-corrected chi connectivity index (χ2v) is 5.76. The number of nitrogens with one attached hydrogen (secondary N) is 1. The van der Waals surface area contributed by atoms with Gasteiger partial charge in [0, 0.05) is 18.4 Å². The summed E-state index contributed by atoms with van der Waals surface area (Å²) in [6.07, 6.45) is 2.68. The molecule has 0 unspecified atom stereocenters. The Morgan fingerprint density at radius 1 is 1.47 bits per heavy atom. The number of hydrogen-bond acceptors (Lipinski definition) is 3. The Bertz CT molecular complexity index is 547. The van der Waals surface area contributed by atoms with Crippen LogP contribution in [0.25, 0.3) is 0 Å². The van der Waals surface area contributed by atoms with Crippen molar-refractivity contribution in [2.24, 2.45) is 0 Å². The maximum Gasteiger partial charge on any atom is 0.251 e. The summed E-state index contributed by atoms with van der Waals surface area (Å²) in [5, 5.41) is 2.62. The number of carbonyl (C=O) groups is 1. The average Bonchev–Trinajstić information content (AvgIpc) is 2.24. The Morgan fingerprint density at radius 3 is 2.65 bits per heavy atom. The van der Waals surface area contributed by atoms with Gasteiger partial charge in [0.1, 0.15) is 0 Å². The van der Waals surface area contributed by atoms with E-state index in [4.69, 9.17) is 0 Å². The van der Waals surface area contributed by atoms with Crippen LogP contribution < -0.4 is 5.32 Å². The van der Waals surface area contributed by atoms with E-state index < -0.39 is 9.84 Å². The van der Waals surface area contributed by atoms with Crippen molar-refractivity contribution in [3.8, 4) is 0 Å². The lowest BCUT2D eigenvalue weighted by Gasteiger charge is -2.07. The van der Waals surface area contributed by atoms with E-state index in [-0.39, 0.29) is 10.8 Å². The largest absolute Gasteiger partial charge is 0.349 e. The van der Waals surface area contributed by atoms with Gasteiger partial charge in [-0.2, -0.15) is 0 Å². The minimum absolute atomic E-state index is 0.145. The van der Waals surface area contributed by atoms with Crippen LogP contribution in [0.2, 0.25) is 0 Å². The Morgan fingerprint density at radius 2 is 2.12 bits per heavy atom. The molecule has 92 valence electrons. The lowest BCUT2D eigenvalue weighted by atomic mass is 10.1. The molecule has 1 amide bonds. The first-order chi connectivity index (χ1) is 7.86. The van der Waals surface area contributed by atoms with E-state index in [1.165, 1.54) is 12.1 Å². The van der Waals surface area contributed by atoms with Crippen LogP contribution in [0.15, 0.2) is 35.7 Å². The monoisotopic (exact) mass is 253 g/mol. The first kappa shape index (κ1) is 13.4. The summed E-state index contributed by atoms with van der Waals surface area (Å²) >= 11 is 0. The molecule has 0 aliphatic rings. The summed E-state index contributed by atoms with van der Waals surface area (Å²) in [7, 11) is -3.30. The Kier molecular flexibility index (Phi) is 4.07. The zero-order valence-electron chi connectivity index (χ0n) is 9.86. The molecule has 0 aromatic heterocycles. The summed E-state index contributed by atoms with van der Waals surface area (Å²) in [6, 6.07) is 4.51. The predicted octanol–water partition coefficient (Wildman–Crippen LogP) is 1.31. The third-order valence-electron chi connectivity index (χ3n) is 2.29. The Balaban J connectivity index is 3.15. The number of rotatable bonds is 4. The van der Waals surface area contributed by atoms with Crippen LogP contribution in [0, 0.1) is 6.92 Å². The number of carbonyl (C=O) groups excluding carboxylic acids is 1. The van der Waals surface area contributed by atoms with E-state index in [2.05, 4.69) is 11.9 Å². The van der Waals surface area contributed by atoms with Crippen LogP contribution in [-0.2, 0) is 9.84 Å². The molecule has 4 nitrogen and oxygen atoms in total. The zero-order valence-corrected chi connectivity index (χ0v) is 10.7. The summed E-state index contributed by atoms with van der Waals surface area (Å²) in [4.78, 5) is 11.9. The molecular weight excluding hydrogens is 238 g/mol. The van der Waals surface area contributed by atoms with Gasteiger partial charge in [0.05, 0.1) is 4.90 Å². The van der Waals surface area contributed by atoms with E-state index in [1.54, 1.807) is 19.1 Å². The fraction of sp³-hybridized carbons (Fsp3) is 0.250. The second kappa shape index (κ2) is 5.14. The highest BCUT2D eigenvalue weighted by Crippen LogP contribution is 2.15. The van der Waals surface area contributed by atoms with Crippen molar-refractivity contribution >= 4 is 15.7 Å². The van der Waals surface area contributed by atoms with Crippen LogP contribution in [0.1, 0.15) is 15.9 Å². The van der Waals surface area contributed by atoms with Crippen LogP contribution >= 0.6 is 0 Å². The van der Waals surface area contributed by atoms with E-state index in [0.717, 1.165) is 11.8 Å². The van der Waals surface area contributed by atoms with Crippen molar-refractivity contribution in [1.82, 2.24) is 5.32 Å². The van der Waals surface area contributed by atoms with Gasteiger partial charge in [-0.05, 0) is 24.6 Å². The number of sulfone groups is 1. The van der Waals surface area contributed by atoms with Crippen molar-refractivity contribution in [3.05, 3.63) is 42.0 Å². The standard InChI is InChI=1S/C12H15NO3S/c1-4-7-13-12(14)11-8-10(17(3,15)16)6-5-9(11)2/h4-6,8H,1,7H2,2-3H3,(H,13,14). The van der Waals surface area contributed by atoms with E-state index >= 15 is 0 Å². The molecule has 0 heterocycles. The van der Waals surface area contributed by atoms with Gasteiger partial charge in [0.2, 0.25) is 0 Å². The van der Waals surface area contributed by atoms with Crippen molar-refractivity contribution in [2.45, 2.75) is 11.8 Å². The minimum atomic E-state index is -3.30. The molecule has 1 rings (SSSR count). The molecular formula is C12H15NO3S. The first-order valence-electron chi connectivity index (χ1n) is 5.06. The lowest BCUT2D eigenvalue weighted by Crippen LogP contribution is -2.24. The fourth-order valence-corrected chi connectivity index (χ4v) is 1.98. The maximum atomic E-state index is 11.7. The minimum Gasteiger partial charge on any atom is -0.349 e. The fourth-order valence-electron chi connectivity index (χ4n) is 1.34. The molecule has 0 spiro atoms.